The Morgan fingerprint density at radius 1 is 1.35 bits per heavy atom. The van der Waals surface area contributed by atoms with Gasteiger partial charge in [-0.1, -0.05) is 13.8 Å². The van der Waals surface area contributed by atoms with Gasteiger partial charge in [0.1, 0.15) is 0 Å². The normalized spacial score (nSPS) is 13.8. The largest absolute Gasteiger partial charge is 1.00 e. The van der Waals surface area contributed by atoms with Gasteiger partial charge < -0.3 is 14.4 Å². The fourth-order valence-corrected chi connectivity index (χ4v) is 1.33. The van der Waals surface area contributed by atoms with E-state index >= 15 is 0 Å². The van der Waals surface area contributed by atoms with Crippen molar-refractivity contribution in [2.24, 2.45) is 5.92 Å². The van der Waals surface area contributed by atoms with Crippen LogP contribution in [0.3, 0.4) is 0 Å². The quantitative estimate of drug-likeness (QED) is 0.227. The maximum atomic E-state index is 11.2. The summed E-state index contributed by atoms with van der Waals surface area (Å²) in [7, 11) is -5.01. The number of nitrogens with zero attached hydrogens (tertiary/aromatic N) is 1. The molecule has 0 aromatic heterocycles. The molecule has 0 aliphatic carbocycles. The average molecular weight is 275 g/mol. The molecule has 17 heavy (non-hydrogen) atoms. The molecule has 2 N–H and O–H groups in total. The van der Waals surface area contributed by atoms with Gasteiger partial charge in [0.25, 0.3) is 0 Å². The Morgan fingerprint density at radius 2 is 1.82 bits per heavy atom. The Balaban J connectivity index is 0. The smallest absolute Gasteiger partial charge is 0.773 e. The van der Waals surface area contributed by atoms with Gasteiger partial charge in [-0.05, 0) is 5.92 Å². The third kappa shape index (κ3) is 8.90. The second-order valence-electron chi connectivity index (χ2n) is 3.78. The molecule has 1 atom stereocenters. The zero-order chi connectivity index (χ0) is 12.9. The van der Waals surface area contributed by atoms with Gasteiger partial charge in [0.2, 0.25) is 11.4 Å². The molecule has 0 fully saturated rings. The molecule has 0 radical (unpaired) electrons. The van der Waals surface area contributed by atoms with Crippen molar-refractivity contribution < 1.29 is 58.7 Å². The maximum absolute atomic E-state index is 11.2. The van der Waals surface area contributed by atoms with E-state index in [0.29, 0.717) is 5.06 Å². The monoisotopic (exact) mass is 275 g/mol. The van der Waals surface area contributed by atoms with E-state index in [-0.39, 0.29) is 42.0 Å². The minimum Gasteiger partial charge on any atom is -0.773 e. The zero-order valence-electron chi connectivity index (χ0n) is 10.1. The first-order valence-corrected chi connectivity index (χ1v) is 6.28. The van der Waals surface area contributed by atoms with Gasteiger partial charge in [-0.25, -0.2) is 5.06 Å². The standard InChI is InChI=1S/C8H16NO6P.Na/c1-6(2)5-9(12)7(10)3-4-8(11)16(13,14)15;/h6,12H,3-5H2,1-2H3,(H2,13,14,15);/q;+1/p-1. The molecule has 0 saturated carbocycles. The fraction of sp³-hybridized carbons (Fsp3) is 0.750. The zero-order valence-corrected chi connectivity index (χ0v) is 13.0. The Bertz CT molecular complexity index is 315. The summed E-state index contributed by atoms with van der Waals surface area (Å²) in [5.41, 5.74) is -1.40. The SMILES string of the molecule is CC(C)CN(O)C(=O)CCC(=O)P(=O)([O-])O.[Na+]. The molecule has 0 spiro atoms. The molecule has 0 aliphatic rings. The minimum atomic E-state index is -5.01. The molecule has 1 unspecified atom stereocenters. The third-order valence-electron chi connectivity index (χ3n) is 1.69. The Hall–Kier alpha value is 0.250. The van der Waals surface area contributed by atoms with Crippen molar-refractivity contribution in [1.82, 2.24) is 5.06 Å². The molecule has 0 aliphatic heterocycles. The first-order chi connectivity index (χ1) is 7.14. The molecule has 0 aromatic carbocycles. The molecular weight excluding hydrogens is 260 g/mol. The summed E-state index contributed by atoms with van der Waals surface area (Å²) in [5, 5.41) is 9.60. The van der Waals surface area contributed by atoms with E-state index in [2.05, 4.69) is 0 Å². The number of carbonyl (C=O) groups is 2. The van der Waals surface area contributed by atoms with Crippen LogP contribution < -0.4 is 34.5 Å². The molecule has 9 heteroatoms. The average Bonchev–Trinajstić information content (AvgIpc) is 2.10. The van der Waals surface area contributed by atoms with Crippen LogP contribution in [-0.2, 0) is 14.2 Å². The van der Waals surface area contributed by atoms with Gasteiger partial charge in [0, 0.05) is 12.8 Å². The molecule has 94 valence electrons. The summed E-state index contributed by atoms with van der Waals surface area (Å²) >= 11 is 0. The van der Waals surface area contributed by atoms with E-state index in [4.69, 9.17) is 10.1 Å². The molecule has 7 nitrogen and oxygen atoms in total. The van der Waals surface area contributed by atoms with Crippen molar-refractivity contribution in [2.45, 2.75) is 26.7 Å². The van der Waals surface area contributed by atoms with E-state index in [1.165, 1.54) is 0 Å². The van der Waals surface area contributed by atoms with Gasteiger partial charge in [-0.15, -0.1) is 0 Å². The molecule has 0 bridgehead atoms. The molecule has 0 heterocycles. The van der Waals surface area contributed by atoms with Crippen LogP contribution in [0.1, 0.15) is 26.7 Å². The van der Waals surface area contributed by atoms with Crippen LogP contribution in [-0.4, -0.2) is 33.1 Å². The number of rotatable bonds is 6. The minimum absolute atomic E-state index is 0. The third-order valence-corrected chi connectivity index (χ3v) is 2.55. The summed E-state index contributed by atoms with van der Waals surface area (Å²) in [6, 6.07) is 0. The summed E-state index contributed by atoms with van der Waals surface area (Å²) in [6.07, 6.45) is -1.08. The van der Waals surface area contributed by atoms with Crippen molar-refractivity contribution in [3.05, 3.63) is 0 Å². The van der Waals surface area contributed by atoms with E-state index in [0.717, 1.165) is 0 Å². The molecule has 0 saturated heterocycles. The summed E-state index contributed by atoms with van der Waals surface area (Å²) in [4.78, 5) is 40.6. The van der Waals surface area contributed by atoms with Crippen molar-refractivity contribution in [2.75, 3.05) is 6.54 Å². The number of hydrogen-bond acceptors (Lipinski definition) is 5. The Kier molecular flexibility index (Phi) is 9.64. The molecule has 0 rings (SSSR count). The topological polar surface area (TPSA) is 118 Å². The van der Waals surface area contributed by atoms with E-state index in [1.54, 1.807) is 13.8 Å². The van der Waals surface area contributed by atoms with Crippen LogP contribution in [0.2, 0.25) is 0 Å². The summed E-state index contributed by atoms with van der Waals surface area (Å²) in [6.45, 7) is 3.66. The van der Waals surface area contributed by atoms with E-state index in [9.17, 15) is 19.0 Å². The predicted octanol–water partition coefficient (Wildman–Crippen LogP) is -3.28. The van der Waals surface area contributed by atoms with Gasteiger partial charge in [0.05, 0.1) is 6.54 Å². The van der Waals surface area contributed by atoms with Gasteiger partial charge in [-0.3, -0.25) is 14.8 Å². The van der Waals surface area contributed by atoms with Crippen LogP contribution in [0, 0.1) is 5.92 Å². The first-order valence-electron chi connectivity index (χ1n) is 4.71. The molecule has 1 amide bonds. The second kappa shape index (κ2) is 8.37. The van der Waals surface area contributed by atoms with Crippen molar-refractivity contribution in [3.63, 3.8) is 0 Å². The summed E-state index contributed by atoms with van der Waals surface area (Å²) < 4.78 is 10.3. The van der Waals surface area contributed by atoms with Crippen LogP contribution in [0.4, 0.5) is 0 Å². The first kappa shape index (κ1) is 19.6. The molecular formula is C8H15NNaO6P. The molecule has 0 aromatic rings. The van der Waals surface area contributed by atoms with Gasteiger partial charge >= 0.3 is 29.6 Å². The number of carbonyl (C=O) groups excluding carboxylic acids is 2. The van der Waals surface area contributed by atoms with Crippen LogP contribution >= 0.6 is 7.60 Å². The maximum Gasteiger partial charge on any atom is 1.00 e. The van der Waals surface area contributed by atoms with Crippen molar-refractivity contribution in [1.29, 1.82) is 0 Å². The second-order valence-corrected chi connectivity index (χ2v) is 5.32. The van der Waals surface area contributed by atoms with Crippen molar-refractivity contribution >= 4 is 19.0 Å². The number of hydrogen-bond donors (Lipinski definition) is 2. The Morgan fingerprint density at radius 3 is 2.18 bits per heavy atom. The van der Waals surface area contributed by atoms with E-state index in [1.807, 2.05) is 0 Å². The van der Waals surface area contributed by atoms with Crippen molar-refractivity contribution in [3.8, 4) is 0 Å². The van der Waals surface area contributed by atoms with Crippen LogP contribution in [0.15, 0.2) is 0 Å². The van der Waals surface area contributed by atoms with Gasteiger partial charge in [0.15, 0.2) is 7.60 Å². The fourth-order valence-electron chi connectivity index (χ4n) is 0.932. The van der Waals surface area contributed by atoms with E-state index < -0.39 is 31.9 Å². The predicted molar refractivity (Wildman–Crippen MR) is 52.4 cm³/mol. The van der Waals surface area contributed by atoms with Gasteiger partial charge in [-0.2, -0.15) is 0 Å². The Labute approximate surface area is 122 Å². The van der Waals surface area contributed by atoms with Crippen LogP contribution in [0.25, 0.3) is 0 Å². The summed E-state index contributed by atoms with van der Waals surface area (Å²) in [5.74, 6) is -0.705. The number of hydroxylamine groups is 2. The van der Waals surface area contributed by atoms with Crippen LogP contribution in [0.5, 0.6) is 0 Å². The number of amides is 1.